The quantitative estimate of drug-likeness (QED) is 0.896. The second-order valence-electron chi connectivity index (χ2n) is 5.04. The van der Waals surface area contributed by atoms with Crippen molar-refractivity contribution in [2.75, 3.05) is 24.3 Å². The van der Waals surface area contributed by atoms with Gasteiger partial charge in [-0.2, -0.15) is 0 Å². The van der Waals surface area contributed by atoms with Crippen LogP contribution in [0.5, 0.6) is 0 Å². The van der Waals surface area contributed by atoms with Crippen molar-refractivity contribution in [2.45, 2.75) is 38.1 Å². The van der Waals surface area contributed by atoms with Gasteiger partial charge in [0.25, 0.3) is 0 Å². The van der Waals surface area contributed by atoms with E-state index in [0.717, 1.165) is 4.47 Å². The molecule has 0 aliphatic heterocycles. The van der Waals surface area contributed by atoms with E-state index in [2.05, 4.69) is 58.4 Å². The maximum absolute atomic E-state index is 3.70. The number of nitrogens with zero attached hydrogens (tertiary/aromatic N) is 1. The van der Waals surface area contributed by atoms with Crippen LogP contribution < -0.4 is 10.2 Å². The SMILES string of the molecule is CN(C)c1ccc(Br)cc1NC1CCCCC1. The lowest BCUT2D eigenvalue weighted by Gasteiger charge is -2.27. The van der Waals surface area contributed by atoms with Gasteiger partial charge in [0.2, 0.25) is 0 Å². The van der Waals surface area contributed by atoms with Gasteiger partial charge in [0.1, 0.15) is 0 Å². The van der Waals surface area contributed by atoms with Gasteiger partial charge in [-0.25, -0.2) is 0 Å². The highest BCUT2D eigenvalue weighted by Crippen LogP contribution is 2.30. The van der Waals surface area contributed by atoms with Crippen LogP contribution in [0.2, 0.25) is 0 Å². The van der Waals surface area contributed by atoms with E-state index in [0.29, 0.717) is 6.04 Å². The molecule has 0 heterocycles. The molecule has 1 aromatic rings. The molecule has 1 fully saturated rings. The Morgan fingerprint density at radius 3 is 2.53 bits per heavy atom. The summed E-state index contributed by atoms with van der Waals surface area (Å²) in [5.41, 5.74) is 2.51. The third-order valence-corrected chi connectivity index (χ3v) is 3.90. The van der Waals surface area contributed by atoms with E-state index >= 15 is 0 Å². The monoisotopic (exact) mass is 296 g/mol. The fraction of sp³-hybridized carbons (Fsp3) is 0.571. The first-order chi connectivity index (χ1) is 8.16. The molecule has 3 heteroatoms. The highest BCUT2D eigenvalue weighted by atomic mass is 79.9. The van der Waals surface area contributed by atoms with E-state index in [1.165, 1.54) is 43.5 Å². The summed E-state index contributed by atoms with van der Waals surface area (Å²) < 4.78 is 1.14. The summed E-state index contributed by atoms with van der Waals surface area (Å²) in [7, 11) is 4.19. The van der Waals surface area contributed by atoms with Crippen molar-refractivity contribution in [3.05, 3.63) is 22.7 Å². The molecule has 0 atom stereocenters. The van der Waals surface area contributed by atoms with E-state index in [4.69, 9.17) is 0 Å². The van der Waals surface area contributed by atoms with Crippen LogP contribution in [-0.4, -0.2) is 20.1 Å². The fourth-order valence-corrected chi connectivity index (χ4v) is 2.84. The summed E-state index contributed by atoms with van der Waals surface area (Å²) in [6, 6.07) is 7.09. The highest BCUT2D eigenvalue weighted by Gasteiger charge is 2.15. The van der Waals surface area contributed by atoms with Gasteiger partial charge in [0, 0.05) is 24.6 Å². The van der Waals surface area contributed by atoms with Crippen LogP contribution in [0.3, 0.4) is 0 Å². The molecule has 17 heavy (non-hydrogen) atoms. The molecule has 0 amide bonds. The normalized spacial score (nSPS) is 16.9. The van der Waals surface area contributed by atoms with Gasteiger partial charge in [-0.1, -0.05) is 35.2 Å². The van der Waals surface area contributed by atoms with Crippen molar-refractivity contribution in [3.63, 3.8) is 0 Å². The van der Waals surface area contributed by atoms with Crippen molar-refractivity contribution in [3.8, 4) is 0 Å². The van der Waals surface area contributed by atoms with E-state index in [1.807, 2.05) is 0 Å². The van der Waals surface area contributed by atoms with Crippen LogP contribution in [0.4, 0.5) is 11.4 Å². The Kier molecular flexibility index (Phi) is 4.32. The summed E-state index contributed by atoms with van der Waals surface area (Å²) in [5, 5.41) is 3.70. The number of anilines is 2. The number of halogens is 1. The summed E-state index contributed by atoms with van der Waals surface area (Å²) in [4.78, 5) is 2.16. The Morgan fingerprint density at radius 2 is 1.88 bits per heavy atom. The van der Waals surface area contributed by atoms with Gasteiger partial charge in [0.05, 0.1) is 11.4 Å². The molecule has 1 aromatic carbocycles. The number of benzene rings is 1. The molecule has 0 bridgehead atoms. The van der Waals surface area contributed by atoms with Crippen LogP contribution in [0.1, 0.15) is 32.1 Å². The van der Waals surface area contributed by atoms with Gasteiger partial charge >= 0.3 is 0 Å². The smallest absolute Gasteiger partial charge is 0.0597 e. The summed E-state index contributed by atoms with van der Waals surface area (Å²) in [6.45, 7) is 0. The van der Waals surface area contributed by atoms with Gasteiger partial charge in [0.15, 0.2) is 0 Å². The largest absolute Gasteiger partial charge is 0.381 e. The minimum absolute atomic E-state index is 0.650. The third kappa shape index (κ3) is 3.38. The first-order valence-corrected chi connectivity index (χ1v) is 7.19. The van der Waals surface area contributed by atoms with Crippen molar-refractivity contribution >= 4 is 27.3 Å². The Morgan fingerprint density at radius 1 is 1.18 bits per heavy atom. The predicted molar refractivity (Wildman–Crippen MR) is 79.0 cm³/mol. The van der Waals surface area contributed by atoms with Crippen molar-refractivity contribution in [1.29, 1.82) is 0 Å². The van der Waals surface area contributed by atoms with Crippen molar-refractivity contribution < 1.29 is 0 Å². The second-order valence-corrected chi connectivity index (χ2v) is 5.95. The number of hydrogen-bond acceptors (Lipinski definition) is 2. The molecule has 1 aliphatic carbocycles. The zero-order chi connectivity index (χ0) is 12.3. The van der Waals surface area contributed by atoms with E-state index in [9.17, 15) is 0 Å². The lowest BCUT2D eigenvalue weighted by Crippen LogP contribution is -2.23. The van der Waals surface area contributed by atoms with E-state index in [-0.39, 0.29) is 0 Å². The molecule has 1 aliphatic rings. The van der Waals surface area contributed by atoms with Gasteiger partial charge in [-0.15, -0.1) is 0 Å². The molecule has 0 saturated heterocycles. The molecule has 1 N–H and O–H groups in total. The topological polar surface area (TPSA) is 15.3 Å². The van der Waals surface area contributed by atoms with Crippen molar-refractivity contribution in [2.24, 2.45) is 0 Å². The molecule has 0 aromatic heterocycles. The molecule has 2 nitrogen and oxygen atoms in total. The molecule has 0 spiro atoms. The van der Waals surface area contributed by atoms with Crippen LogP contribution >= 0.6 is 15.9 Å². The molecular formula is C14H21BrN2. The Hall–Kier alpha value is -0.700. The predicted octanol–water partition coefficient (Wildman–Crippen LogP) is 4.26. The standard InChI is InChI=1S/C14H21BrN2/c1-17(2)14-9-8-11(15)10-13(14)16-12-6-4-3-5-7-12/h8-10,12,16H,3-7H2,1-2H3. The number of nitrogens with one attached hydrogen (secondary N) is 1. The first kappa shape index (κ1) is 12.7. The fourth-order valence-electron chi connectivity index (χ4n) is 2.48. The van der Waals surface area contributed by atoms with E-state index < -0.39 is 0 Å². The molecule has 94 valence electrons. The molecule has 0 radical (unpaired) electrons. The zero-order valence-corrected chi connectivity index (χ0v) is 12.3. The van der Waals surface area contributed by atoms with Gasteiger partial charge in [-0.3, -0.25) is 0 Å². The molecule has 1 saturated carbocycles. The zero-order valence-electron chi connectivity index (χ0n) is 10.7. The van der Waals surface area contributed by atoms with Gasteiger partial charge in [-0.05, 0) is 31.0 Å². The first-order valence-electron chi connectivity index (χ1n) is 6.40. The highest BCUT2D eigenvalue weighted by molar-refractivity contribution is 9.10. The Balaban J connectivity index is 2.14. The maximum atomic E-state index is 3.70. The average molecular weight is 297 g/mol. The van der Waals surface area contributed by atoms with Crippen LogP contribution in [-0.2, 0) is 0 Å². The maximum Gasteiger partial charge on any atom is 0.0597 e. The van der Waals surface area contributed by atoms with E-state index in [1.54, 1.807) is 0 Å². The minimum Gasteiger partial charge on any atom is -0.381 e. The molecular weight excluding hydrogens is 276 g/mol. The second kappa shape index (κ2) is 5.76. The molecule has 0 unspecified atom stereocenters. The third-order valence-electron chi connectivity index (χ3n) is 3.41. The number of rotatable bonds is 3. The van der Waals surface area contributed by atoms with Crippen LogP contribution in [0, 0.1) is 0 Å². The van der Waals surface area contributed by atoms with Gasteiger partial charge < -0.3 is 10.2 Å². The summed E-state index contributed by atoms with van der Waals surface area (Å²) >= 11 is 3.55. The summed E-state index contributed by atoms with van der Waals surface area (Å²) in [6.07, 6.45) is 6.74. The van der Waals surface area contributed by atoms with Crippen LogP contribution in [0.25, 0.3) is 0 Å². The van der Waals surface area contributed by atoms with Crippen molar-refractivity contribution in [1.82, 2.24) is 0 Å². The Bertz CT molecular complexity index is 370. The lowest BCUT2D eigenvalue weighted by molar-refractivity contribution is 0.463. The Labute approximate surface area is 113 Å². The summed E-state index contributed by atoms with van der Waals surface area (Å²) in [5.74, 6) is 0. The molecule has 2 rings (SSSR count). The lowest BCUT2D eigenvalue weighted by atomic mass is 9.95. The number of hydrogen-bond donors (Lipinski definition) is 1. The average Bonchev–Trinajstić information content (AvgIpc) is 2.30. The minimum atomic E-state index is 0.650. The van der Waals surface area contributed by atoms with Crippen LogP contribution in [0.15, 0.2) is 22.7 Å².